The van der Waals surface area contributed by atoms with Gasteiger partial charge in [-0.25, -0.2) is 9.18 Å². The molecule has 0 saturated carbocycles. The summed E-state index contributed by atoms with van der Waals surface area (Å²) in [5, 5.41) is 10.7. The molecule has 160 valence electrons. The van der Waals surface area contributed by atoms with Crippen LogP contribution in [0, 0.1) is 5.82 Å². The third kappa shape index (κ3) is 5.99. The van der Waals surface area contributed by atoms with E-state index >= 15 is 0 Å². The molecule has 1 atom stereocenters. The molecule has 2 aromatic carbocycles. The first-order valence-corrected chi connectivity index (χ1v) is 9.12. The Morgan fingerprint density at radius 3 is 2.48 bits per heavy atom. The zero-order valence-electron chi connectivity index (χ0n) is 16.0. The highest BCUT2D eigenvalue weighted by atomic mass is 19.4. The van der Waals surface area contributed by atoms with Crippen LogP contribution in [0.25, 0.3) is 6.08 Å². The van der Waals surface area contributed by atoms with Crippen molar-refractivity contribution in [3.63, 3.8) is 0 Å². The molecule has 1 aromatic heterocycles. The van der Waals surface area contributed by atoms with Crippen LogP contribution < -0.4 is 0 Å². The first-order chi connectivity index (χ1) is 14.7. The molecule has 31 heavy (non-hydrogen) atoms. The second-order valence-corrected chi connectivity index (χ2v) is 6.61. The van der Waals surface area contributed by atoms with Gasteiger partial charge in [-0.05, 0) is 47.5 Å². The molecule has 0 saturated heterocycles. The Labute approximate surface area is 175 Å². The number of aliphatic hydroxyl groups is 1. The Bertz CT molecular complexity index is 1060. The van der Waals surface area contributed by atoms with Crippen molar-refractivity contribution in [3.8, 4) is 0 Å². The topological polar surface area (TPSA) is 59.4 Å². The van der Waals surface area contributed by atoms with Crippen LogP contribution >= 0.6 is 0 Å². The fourth-order valence-corrected chi connectivity index (χ4v) is 2.77. The first kappa shape index (κ1) is 22.2. The van der Waals surface area contributed by atoms with Crippen molar-refractivity contribution < 1.29 is 32.2 Å². The summed E-state index contributed by atoms with van der Waals surface area (Å²) in [4.78, 5) is 16.6. The van der Waals surface area contributed by atoms with Crippen LogP contribution in [-0.2, 0) is 22.3 Å². The van der Waals surface area contributed by atoms with Crippen LogP contribution in [0.4, 0.5) is 17.6 Å². The van der Waals surface area contributed by atoms with Crippen LogP contribution in [-0.4, -0.2) is 16.1 Å². The highest BCUT2D eigenvalue weighted by Crippen LogP contribution is 2.30. The Kier molecular flexibility index (Phi) is 6.81. The van der Waals surface area contributed by atoms with Crippen LogP contribution in [0.2, 0.25) is 0 Å². The van der Waals surface area contributed by atoms with Gasteiger partial charge in [0.1, 0.15) is 18.5 Å². The monoisotopic (exact) mass is 431 g/mol. The normalized spacial score (nSPS) is 13.0. The van der Waals surface area contributed by atoms with Crippen molar-refractivity contribution in [1.29, 1.82) is 0 Å². The van der Waals surface area contributed by atoms with Gasteiger partial charge in [-0.3, -0.25) is 4.98 Å². The Hall–Kier alpha value is -3.52. The largest absolute Gasteiger partial charge is 0.457 e. The molecule has 0 amide bonds. The molecule has 0 bridgehead atoms. The van der Waals surface area contributed by atoms with Crippen molar-refractivity contribution in [2.75, 3.05) is 0 Å². The summed E-state index contributed by atoms with van der Waals surface area (Å²) >= 11 is 0. The maximum Gasteiger partial charge on any atom is 0.416 e. The lowest BCUT2D eigenvalue weighted by atomic mass is 10.0. The minimum Gasteiger partial charge on any atom is -0.457 e. The maximum absolute atomic E-state index is 13.2. The quantitative estimate of drug-likeness (QED) is 0.335. The number of hydrogen-bond donors (Lipinski definition) is 1. The highest BCUT2D eigenvalue weighted by Gasteiger charge is 2.30. The number of carbonyl (C=O) groups is 1. The van der Waals surface area contributed by atoms with E-state index in [9.17, 15) is 27.5 Å². The summed E-state index contributed by atoms with van der Waals surface area (Å²) in [6.45, 7) is -0.427. The number of carbonyl (C=O) groups excluding carboxylic acids is 1. The molecule has 3 aromatic rings. The van der Waals surface area contributed by atoms with E-state index in [0.717, 1.165) is 12.1 Å². The predicted octanol–water partition coefficient (Wildman–Crippen LogP) is 5.10. The summed E-state index contributed by atoms with van der Waals surface area (Å²) in [7, 11) is 0. The zero-order valence-corrected chi connectivity index (χ0v) is 16.0. The Morgan fingerprint density at radius 2 is 1.84 bits per heavy atom. The highest BCUT2D eigenvalue weighted by molar-refractivity contribution is 5.95. The molecule has 1 N–H and O–H groups in total. The summed E-state index contributed by atoms with van der Waals surface area (Å²) in [5.74, 6) is -1.41. The van der Waals surface area contributed by atoms with Gasteiger partial charge in [0, 0.05) is 18.0 Å². The van der Waals surface area contributed by atoms with Gasteiger partial charge in [-0.15, -0.1) is 0 Å². The van der Waals surface area contributed by atoms with Crippen molar-refractivity contribution in [2.24, 2.45) is 0 Å². The molecule has 0 radical (unpaired) electrons. The minimum absolute atomic E-state index is 0.139. The van der Waals surface area contributed by atoms with E-state index in [1.165, 1.54) is 54.9 Å². The van der Waals surface area contributed by atoms with Gasteiger partial charge in [0.2, 0.25) is 0 Å². The maximum atomic E-state index is 13.2. The van der Waals surface area contributed by atoms with Crippen LogP contribution in [0.3, 0.4) is 0 Å². The van der Waals surface area contributed by atoms with Gasteiger partial charge in [-0.1, -0.05) is 30.3 Å². The number of aliphatic hydroxyl groups excluding tert-OH is 1. The molecule has 8 heteroatoms. The molecule has 0 spiro atoms. The molecule has 0 aliphatic rings. The van der Waals surface area contributed by atoms with Crippen molar-refractivity contribution >= 4 is 12.0 Å². The average molecular weight is 431 g/mol. The number of pyridine rings is 1. The Morgan fingerprint density at radius 1 is 1.10 bits per heavy atom. The van der Waals surface area contributed by atoms with Gasteiger partial charge >= 0.3 is 12.1 Å². The van der Waals surface area contributed by atoms with Gasteiger partial charge in [0.05, 0.1) is 11.1 Å². The van der Waals surface area contributed by atoms with Crippen molar-refractivity contribution in [2.45, 2.75) is 18.9 Å². The number of esters is 1. The lowest BCUT2D eigenvalue weighted by Gasteiger charge is -2.15. The van der Waals surface area contributed by atoms with Gasteiger partial charge in [-0.2, -0.15) is 13.2 Å². The van der Waals surface area contributed by atoms with E-state index < -0.39 is 36.2 Å². The molecule has 0 aliphatic heterocycles. The number of nitrogens with zero attached hydrogens (tertiary/aromatic N) is 1. The molecular weight excluding hydrogens is 414 g/mol. The fraction of sp³-hybridized carbons (Fsp3) is 0.130. The van der Waals surface area contributed by atoms with Gasteiger partial charge in [0.25, 0.3) is 0 Å². The van der Waals surface area contributed by atoms with Gasteiger partial charge < -0.3 is 9.84 Å². The standard InChI is InChI=1S/C23H17F4NO3/c24-19-8-6-15(7-9-19)12-20(21(29)17-4-2-10-28-13-17)22(30)31-14-16-3-1-5-18(11-16)23(25,26)27/h1-13,21,29H,14H2. The lowest BCUT2D eigenvalue weighted by Crippen LogP contribution is -2.15. The number of ether oxygens (including phenoxy) is 1. The smallest absolute Gasteiger partial charge is 0.416 e. The molecule has 0 fully saturated rings. The zero-order chi connectivity index (χ0) is 22.4. The molecule has 1 heterocycles. The average Bonchev–Trinajstić information content (AvgIpc) is 2.77. The predicted molar refractivity (Wildman–Crippen MR) is 105 cm³/mol. The van der Waals surface area contributed by atoms with Crippen LogP contribution in [0.5, 0.6) is 0 Å². The number of halogens is 4. The van der Waals surface area contributed by atoms with Crippen molar-refractivity contribution in [3.05, 3.63) is 107 Å². The van der Waals surface area contributed by atoms with E-state index in [1.807, 2.05) is 0 Å². The van der Waals surface area contributed by atoms with E-state index in [-0.39, 0.29) is 11.1 Å². The second kappa shape index (κ2) is 9.53. The lowest BCUT2D eigenvalue weighted by molar-refractivity contribution is -0.141. The summed E-state index contributed by atoms with van der Waals surface area (Å²) < 4.78 is 57.0. The first-order valence-electron chi connectivity index (χ1n) is 9.12. The number of benzene rings is 2. The number of rotatable bonds is 6. The Balaban J connectivity index is 1.85. The fourth-order valence-electron chi connectivity index (χ4n) is 2.77. The van der Waals surface area contributed by atoms with Crippen LogP contribution in [0.1, 0.15) is 28.4 Å². The van der Waals surface area contributed by atoms with Crippen LogP contribution in [0.15, 0.2) is 78.6 Å². The summed E-state index contributed by atoms with van der Waals surface area (Å²) in [6, 6.07) is 12.7. The second-order valence-electron chi connectivity index (χ2n) is 6.61. The minimum atomic E-state index is -4.52. The van der Waals surface area contributed by atoms with E-state index in [0.29, 0.717) is 11.1 Å². The molecule has 1 unspecified atom stereocenters. The molecule has 4 nitrogen and oxygen atoms in total. The molecule has 0 aliphatic carbocycles. The van der Waals surface area contributed by atoms with E-state index in [1.54, 1.807) is 12.1 Å². The van der Waals surface area contributed by atoms with E-state index in [4.69, 9.17) is 4.74 Å². The molecular formula is C23H17F4NO3. The number of hydrogen-bond acceptors (Lipinski definition) is 4. The third-order valence-electron chi connectivity index (χ3n) is 4.35. The van der Waals surface area contributed by atoms with E-state index in [2.05, 4.69) is 4.98 Å². The number of alkyl halides is 3. The summed E-state index contributed by atoms with van der Waals surface area (Å²) in [5.41, 5.74) is -0.160. The third-order valence-corrected chi connectivity index (χ3v) is 4.35. The SMILES string of the molecule is O=C(OCc1cccc(C(F)(F)F)c1)C(=Cc1ccc(F)cc1)C(O)c1cccnc1. The molecule has 3 rings (SSSR count). The summed E-state index contributed by atoms with van der Waals surface area (Å²) in [6.07, 6.45) is -1.75. The number of aromatic nitrogens is 1. The van der Waals surface area contributed by atoms with Gasteiger partial charge in [0.15, 0.2) is 0 Å². The van der Waals surface area contributed by atoms with Crippen molar-refractivity contribution in [1.82, 2.24) is 4.98 Å².